The highest BCUT2D eigenvalue weighted by Crippen LogP contribution is 2.47. The van der Waals surface area contributed by atoms with E-state index in [1.54, 1.807) is 0 Å². The maximum atomic E-state index is 11.6. The quantitative estimate of drug-likeness (QED) is 0.594. The van der Waals surface area contributed by atoms with Crippen molar-refractivity contribution in [1.82, 2.24) is 0 Å². The number of benzene rings is 1. The fourth-order valence-electron chi connectivity index (χ4n) is 0.937. The van der Waals surface area contributed by atoms with Crippen LogP contribution >= 0.6 is 7.82 Å². The van der Waals surface area contributed by atoms with E-state index in [9.17, 15) is 9.77 Å². The molecule has 0 aromatic heterocycles. The Balaban J connectivity index is 2.79. The summed E-state index contributed by atoms with van der Waals surface area (Å²) in [5, 5.41) is 18.2. The molecule has 0 aliphatic carbocycles. The first kappa shape index (κ1) is 13.1. The van der Waals surface area contributed by atoms with Crippen LogP contribution < -0.4 is 9.75 Å². The third kappa shape index (κ3) is 3.28. The summed E-state index contributed by atoms with van der Waals surface area (Å²) >= 11 is 0. The molecule has 1 aromatic rings. The average molecular weight is 249 g/mol. The Bertz CT molecular complexity index is 371. The number of phosphoric acid groups is 1. The van der Waals surface area contributed by atoms with E-state index < -0.39 is 13.0 Å². The number of phosphoric ester groups is 1. The van der Waals surface area contributed by atoms with E-state index in [0.717, 1.165) is 0 Å². The second kappa shape index (κ2) is 5.40. The van der Waals surface area contributed by atoms with Gasteiger partial charge in [-0.15, -0.1) is 0 Å². The molecule has 1 rings (SSSR count). The smallest absolute Gasteiger partial charge is 0.529 e. The van der Waals surface area contributed by atoms with E-state index in [1.165, 1.54) is 38.5 Å². The van der Waals surface area contributed by atoms with E-state index in [0.29, 0.717) is 0 Å². The third-order valence-corrected chi connectivity index (χ3v) is 3.09. The summed E-state index contributed by atoms with van der Waals surface area (Å²) in [5.41, 5.74) is 0.108. The van der Waals surface area contributed by atoms with Gasteiger partial charge in [-0.2, -0.15) is 5.23 Å². The molecule has 0 saturated carbocycles. The molecule has 0 fully saturated rings. The lowest BCUT2D eigenvalue weighted by Crippen LogP contribution is -2.99. The van der Waals surface area contributed by atoms with Crippen molar-refractivity contribution < 1.29 is 28.6 Å². The summed E-state index contributed by atoms with van der Waals surface area (Å²) in [6.07, 6.45) is 0. The van der Waals surface area contributed by atoms with E-state index >= 15 is 0 Å². The molecule has 2 N–H and O–H groups in total. The van der Waals surface area contributed by atoms with Gasteiger partial charge in [0.1, 0.15) is 5.75 Å². The zero-order chi connectivity index (χ0) is 12.2. The maximum absolute atomic E-state index is 11.6. The molecule has 0 radical (unpaired) electrons. The van der Waals surface area contributed by atoms with Gasteiger partial charge in [-0.05, 0) is 12.1 Å². The van der Waals surface area contributed by atoms with Crippen LogP contribution in [0.3, 0.4) is 0 Å². The normalized spacial score (nSPS) is 13.5. The van der Waals surface area contributed by atoms with Crippen molar-refractivity contribution in [2.75, 3.05) is 14.2 Å². The Labute approximate surface area is 92.3 Å². The molecular formula is C8H12NO6P. The van der Waals surface area contributed by atoms with E-state index in [1.807, 2.05) is 0 Å². The molecule has 0 aliphatic rings. The van der Waals surface area contributed by atoms with Gasteiger partial charge >= 0.3 is 7.82 Å². The highest BCUT2D eigenvalue weighted by Gasteiger charge is 2.24. The molecule has 8 heteroatoms. The van der Waals surface area contributed by atoms with E-state index in [2.05, 4.69) is 9.05 Å². The van der Waals surface area contributed by atoms with Crippen molar-refractivity contribution in [1.29, 1.82) is 0 Å². The predicted octanol–water partition coefficient (Wildman–Crippen LogP) is 0.870. The number of hydrogen-bond donors (Lipinski definition) is 2. The van der Waals surface area contributed by atoms with Crippen LogP contribution in [-0.4, -0.2) is 19.4 Å². The minimum atomic E-state index is -3.59. The average Bonchev–Trinajstić information content (AvgIpc) is 2.29. The molecule has 1 unspecified atom stereocenters. The van der Waals surface area contributed by atoms with Gasteiger partial charge in [0.2, 0.25) is 0 Å². The molecule has 1 aromatic carbocycles. The highest BCUT2D eigenvalue weighted by molar-refractivity contribution is 7.48. The summed E-state index contributed by atoms with van der Waals surface area (Å²) in [5.74, 6) is 0.206. The lowest BCUT2D eigenvalue weighted by Gasteiger charge is -2.15. The molecule has 90 valence electrons. The third-order valence-electron chi connectivity index (χ3n) is 1.77. The summed E-state index contributed by atoms with van der Waals surface area (Å²) in [7, 11) is -1.21. The predicted molar refractivity (Wildman–Crippen MR) is 54.5 cm³/mol. The van der Waals surface area contributed by atoms with Crippen molar-refractivity contribution in [3.63, 3.8) is 0 Å². The van der Waals surface area contributed by atoms with Crippen LogP contribution in [-0.2, 0) is 13.6 Å². The number of nitrogens with one attached hydrogen (secondary N) is 1. The molecule has 0 spiro atoms. The first-order valence-corrected chi connectivity index (χ1v) is 5.71. The van der Waals surface area contributed by atoms with Gasteiger partial charge in [0.05, 0.1) is 0 Å². The SMILES string of the molecule is COP(=O)(OC)Oc1ccc([NH+]([O-])O)cc1. The van der Waals surface area contributed by atoms with Crippen molar-refractivity contribution in [3.05, 3.63) is 29.5 Å². The molecule has 7 nitrogen and oxygen atoms in total. The molecule has 1 atom stereocenters. The standard InChI is InChI=1S/C8H12NO6P/c1-13-16(12,14-2)15-8-5-3-7(4-6-8)9(10)11/h3-6,9-10H,1-2H3. The molecule has 0 heterocycles. The van der Waals surface area contributed by atoms with Gasteiger partial charge in [0.25, 0.3) is 0 Å². The Kier molecular flexibility index (Phi) is 4.43. The van der Waals surface area contributed by atoms with E-state index in [-0.39, 0.29) is 11.4 Å². The molecule has 0 bridgehead atoms. The van der Waals surface area contributed by atoms with Crippen LogP contribution in [0.4, 0.5) is 5.69 Å². The van der Waals surface area contributed by atoms with Crippen molar-refractivity contribution in [2.24, 2.45) is 0 Å². The van der Waals surface area contributed by atoms with Gasteiger partial charge in [0.15, 0.2) is 5.69 Å². The second-order valence-corrected chi connectivity index (χ2v) is 4.54. The van der Waals surface area contributed by atoms with Crippen LogP contribution in [0.1, 0.15) is 0 Å². The first-order valence-electron chi connectivity index (χ1n) is 4.25. The van der Waals surface area contributed by atoms with Crippen molar-refractivity contribution >= 4 is 13.5 Å². The Morgan fingerprint density at radius 3 is 2.12 bits per heavy atom. The minimum absolute atomic E-state index is 0.108. The van der Waals surface area contributed by atoms with Gasteiger partial charge < -0.3 is 9.73 Å². The fourth-order valence-corrected chi connectivity index (χ4v) is 1.61. The van der Waals surface area contributed by atoms with Crippen LogP contribution in [0.25, 0.3) is 0 Å². The second-order valence-electron chi connectivity index (χ2n) is 2.73. The summed E-state index contributed by atoms with van der Waals surface area (Å²) < 4.78 is 25.6. The monoisotopic (exact) mass is 249 g/mol. The highest BCUT2D eigenvalue weighted by atomic mass is 31.2. The Hall–Kier alpha value is -0.950. The number of quaternary nitrogens is 1. The first-order chi connectivity index (χ1) is 7.50. The minimum Gasteiger partial charge on any atom is -0.595 e. The maximum Gasteiger partial charge on any atom is 0.529 e. The molecule has 0 saturated heterocycles. The van der Waals surface area contributed by atoms with Crippen LogP contribution in [0.2, 0.25) is 0 Å². The molecule has 16 heavy (non-hydrogen) atoms. The molecular weight excluding hydrogens is 237 g/mol. The van der Waals surface area contributed by atoms with Crippen LogP contribution in [0.15, 0.2) is 24.3 Å². The van der Waals surface area contributed by atoms with Crippen molar-refractivity contribution in [3.8, 4) is 5.75 Å². The Morgan fingerprint density at radius 1 is 1.25 bits per heavy atom. The van der Waals surface area contributed by atoms with Crippen molar-refractivity contribution in [2.45, 2.75) is 0 Å². The van der Waals surface area contributed by atoms with Gasteiger partial charge in [-0.1, -0.05) is 0 Å². The fraction of sp³-hybridized carbons (Fsp3) is 0.250. The number of rotatable bonds is 5. The number of hydrogen-bond acceptors (Lipinski definition) is 6. The van der Waals surface area contributed by atoms with Gasteiger partial charge in [-0.25, -0.2) is 9.77 Å². The van der Waals surface area contributed by atoms with Gasteiger partial charge in [-0.3, -0.25) is 9.05 Å². The largest absolute Gasteiger partial charge is 0.595 e. The molecule has 0 aliphatic heterocycles. The Morgan fingerprint density at radius 2 is 1.75 bits per heavy atom. The van der Waals surface area contributed by atoms with E-state index in [4.69, 9.17) is 9.73 Å². The van der Waals surface area contributed by atoms with Crippen LogP contribution in [0, 0.1) is 5.21 Å². The summed E-state index contributed by atoms with van der Waals surface area (Å²) in [6.45, 7) is 0. The van der Waals surface area contributed by atoms with Gasteiger partial charge in [0, 0.05) is 26.4 Å². The van der Waals surface area contributed by atoms with Crippen LogP contribution in [0.5, 0.6) is 5.75 Å². The lowest BCUT2D eigenvalue weighted by atomic mass is 10.3. The zero-order valence-corrected chi connectivity index (χ0v) is 9.64. The topological polar surface area (TPSA) is 92.5 Å². The zero-order valence-electron chi connectivity index (χ0n) is 8.75. The summed E-state index contributed by atoms with van der Waals surface area (Å²) in [4.78, 5) is 0. The summed E-state index contributed by atoms with van der Waals surface area (Å²) in [6, 6.07) is 5.39. The molecule has 0 amide bonds. The lowest BCUT2D eigenvalue weighted by molar-refractivity contribution is -0.991.